The third-order valence-electron chi connectivity index (χ3n) is 4.23. The zero-order valence-corrected chi connectivity index (χ0v) is 14.8. The fourth-order valence-electron chi connectivity index (χ4n) is 2.84. The van der Waals surface area contributed by atoms with Crippen molar-refractivity contribution in [2.24, 2.45) is 5.92 Å². The zero-order chi connectivity index (χ0) is 17.3. The Balaban J connectivity index is 2.11. The third kappa shape index (κ3) is 3.30. The molecule has 0 spiro atoms. The van der Waals surface area contributed by atoms with E-state index in [0.717, 1.165) is 17.7 Å². The molecular formula is C16H17Cl2N5O. The van der Waals surface area contributed by atoms with E-state index in [-0.39, 0.29) is 22.4 Å². The van der Waals surface area contributed by atoms with Crippen LogP contribution in [0.3, 0.4) is 0 Å². The predicted molar refractivity (Wildman–Crippen MR) is 94.3 cm³/mol. The average molecular weight is 366 g/mol. The summed E-state index contributed by atoms with van der Waals surface area (Å²) < 4.78 is 0. The van der Waals surface area contributed by atoms with Crippen LogP contribution >= 0.6 is 23.2 Å². The first-order chi connectivity index (χ1) is 11.5. The predicted octanol–water partition coefficient (Wildman–Crippen LogP) is 3.55. The summed E-state index contributed by atoms with van der Waals surface area (Å²) in [4.78, 5) is 26.8. The van der Waals surface area contributed by atoms with Gasteiger partial charge in [-0.3, -0.25) is 4.79 Å². The van der Waals surface area contributed by atoms with E-state index in [1.165, 1.54) is 0 Å². The monoisotopic (exact) mass is 365 g/mol. The lowest BCUT2D eigenvalue weighted by Gasteiger charge is -2.32. The minimum atomic E-state index is -0.433. The number of aromatic nitrogens is 3. The van der Waals surface area contributed by atoms with E-state index >= 15 is 0 Å². The molecule has 6 nitrogen and oxygen atoms in total. The molecule has 8 heteroatoms. The molecule has 0 radical (unpaired) electrons. The van der Waals surface area contributed by atoms with Crippen molar-refractivity contribution in [1.29, 1.82) is 0 Å². The van der Waals surface area contributed by atoms with Crippen molar-refractivity contribution in [3.8, 4) is 0 Å². The van der Waals surface area contributed by atoms with Crippen LogP contribution < -0.4 is 10.2 Å². The number of para-hydroxylation sites is 1. The highest BCUT2D eigenvalue weighted by Gasteiger charge is 2.35. The van der Waals surface area contributed by atoms with Gasteiger partial charge in [-0.15, -0.1) is 0 Å². The summed E-state index contributed by atoms with van der Waals surface area (Å²) in [5.74, 6) is 0.299. The molecule has 24 heavy (non-hydrogen) atoms. The number of hydrogen-bond acceptors (Lipinski definition) is 5. The van der Waals surface area contributed by atoms with Gasteiger partial charge in [0, 0.05) is 12.2 Å². The molecule has 1 N–H and O–H groups in total. The average Bonchev–Trinajstić information content (AvgIpc) is 2.69. The number of halogens is 2. The van der Waals surface area contributed by atoms with Gasteiger partial charge in [-0.1, -0.05) is 38.5 Å². The SMILES string of the molecule is CC[C@H](C)[C@H]1C(=O)Nc2ccccc2CN1c1nc(Cl)nc(Cl)n1. The van der Waals surface area contributed by atoms with Gasteiger partial charge in [0.15, 0.2) is 0 Å². The first kappa shape index (κ1) is 16.9. The molecule has 0 saturated carbocycles. The molecule has 1 aromatic carbocycles. The van der Waals surface area contributed by atoms with Crippen LogP contribution in [0.1, 0.15) is 25.8 Å². The maximum Gasteiger partial charge on any atom is 0.247 e. The van der Waals surface area contributed by atoms with Crippen LogP contribution in [0.4, 0.5) is 11.6 Å². The van der Waals surface area contributed by atoms with Crippen LogP contribution in [0.5, 0.6) is 0 Å². The van der Waals surface area contributed by atoms with E-state index in [1.54, 1.807) is 0 Å². The lowest BCUT2D eigenvalue weighted by Crippen LogP contribution is -2.47. The Morgan fingerprint density at radius 3 is 2.58 bits per heavy atom. The largest absolute Gasteiger partial charge is 0.324 e. The number of fused-ring (bicyclic) bond motifs is 1. The molecule has 2 aromatic rings. The zero-order valence-electron chi connectivity index (χ0n) is 13.3. The van der Waals surface area contributed by atoms with Crippen LogP contribution in [0.15, 0.2) is 24.3 Å². The van der Waals surface area contributed by atoms with Crippen molar-refractivity contribution in [3.63, 3.8) is 0 Å². The van der Waals surface area contributed by atoms with Crippen molar-refractivity contribution in [1.82, 2.24) is 15.0 Å². The summed E-state index contributed by atoms with van der Waals surface area (Å²) in [6, 6.07) is 7.24. The van der Waals surface area contributed by atoms with Crippen LogP contribution in [-0.4, -0.2) is 26.9 Å². The van der Waals surface area contributed by atoms with Gasteiger partial charge in [-0.05, 0) is 40.7 Å². The minimum Gasteiger partial charge on any atom is -0.324 e. The van der Waals surface area contributed by atoms with Gasteiger partial charge in [0.1, 0.15) is 6.04 Å². The van der Waals surface area contributed by atoms with Crippen LogP contribution in [-0.2, 0) is 11.3 Å². The number of anilines is 2. The Kier molecular flexibility index (Phi) is 4.87. The van der Waals surface area contributed by atoms with Gasteiger partial charge < -0.3 is 10.2 Å². The van der Waals surface area contributed by atoms with Crippen molar-refractivity contribution in [2.45, 2.75) is 32.9 Å². The molecule has 3 rings (SSSR count). The second-order valence-corrected chi connectivity index (χ2v) is 6.45. The Labute approximate surface area is 150 Å². The maximum atomic E-state index is 12.8. The number of carbonyl (C=O) groups excluding carboxylic acids is 1. The number of benzene rings is 1. The lowest BCUT2D eigenvalue weighted by atomic mass is 9.97. The van der Waals surface area contributed by atoms with E-state index < -0.39 is 6.04 Å². The third-order valence-corrected chi connectivity index (χ3v) is 4.57. The molecule has 126 valence electrons. The summed E-state index contributed by atoms with van der Waals surface area (Å²) in [6.45, 7) is 4.54. The highest BCUT2D eigenvalue weighted by atomic mass is 35.5. The minimum absolute atomic E-state index is 0.00541. The fourth-order valence-corrected chi connectivity index (χ4v) is 3.19. The van der Waals surface area contributed by atoms with E-state index in [2.05, 4.69) is 20.3 Å². The second-order valence-electron chi connectivity index (χ2n) is 5.78. The standard InChI is InChI=1S/C16H17Cl2N5O/c1-3-9(2)12-13(24)19-11-7-5-4-6-10(11)8-23(12)16-21-14(17)20-15(18)22-16/h4-7,9,12H,3,8H2,1-2H3,(H,19,24)/t9-,12-/m0/s1. The van der Waals surface area contributed by atoms with Crippen molar-refractivity contribution >= 4 is 40.7 Å². The highest BCUT2D eigenvalue weighted by Crippen LogP contribution is 2.30. The van der Waals surface area contributed by atoms with Crippen molar-refractivity contribution < 1.29 is 4.79 Å². The Hall–Kier alpha value is -1.92. The van der Waals surface area contributed by atoms with Gasteiger partial charge in [0.05, 0.1) is 0 Å². The number of amides is 1. The molecule has 1 aromatic heterocycles. The molecular weight excluding hydrogens is 349 g/mol. The van der Waals surface area contributed by atoms with Gasteiger partial charge in [0.2, 0.25) is 22.4 Å². The molecule has 0 saturated heterocycles. The number of hydrogen-bond donors (Lipinski definition) is 1. The molecule has 1 amide bonds. The van der Waals surface area contributed by atoms with Crippen LogP contribution in [0.25, 0.3) is 0 Å². The van der Waals surface area contributed by atoms with Crippen LogP contribution in [0, 0.1) is 5.92 Å². The number of rotatable bonds is 3. The summed E-state index contributed by atoms with van der Waals surface area (Å²) in [5, 5.41) is 3.01. The second kappa shape index (κ2) is 6.91. The molecule has 1 aliphatic rings. The molecule has 0 unspecified atom stereocenters. The van der Waals surface area contributed by atoms with Crippen molar-refractivity contribution in [3.05, 3.63) is 40.4 Å². The van der Waals surface area contributed by atoms with Gasteiger partial charge in [-0.2, -0.15) is 15.0 Å². The number of nitrogens with one attached hydrogen (secondary N) is 1. The fraction of sp³-hybridized carbons (Fsp3) is 0.375. The van der Waals surface area contributed by atoms with E-state index in [4.69, 9.17) is 23.2 Å². The maximum absolute atomic E-state index is 12.8. The Morgan fingerprint density at radius 1 is 1.25 bits per heavy atom. The van der Waals surface area contributed by atoms with Gasteiger partial charge in [0.25, 0.3) is 0 Å². The number of carbonyl (C=O) groups is 1. The molecule has 0 aliphatic carbocycles. The molecule has 2 heterocycles. The van der Waals surface area contributed by atoms with E-state index in [0.29, 0.717) is 12.5 Å². The topological polar surface area (TPSA) is 71.0 Å². The highest BCUT2D eigenvalue weighted by molar-refractivity contribution is 6.31. The summed E-state index contributed by atoms with van der Waals surface area (Å²) in [5.41, 5.74) is 1.77. The van der Waals surface area contributed by atoms with E-state index in [9.17, 15) is 4.79 Å². The normalized spacial score (nSPS) is 18.6. The Bertz CT molecular complexity index is 750. The first-order valence-corrected chi connectivity index (χ1v) is 8.47. The summed E-state index contributed by atoms with van der Waals surface area (Å²) in [6.07, 6.45) is 0.831. The van der Waals surface area contributed by atoms with E-state index in [1.807, 2.05) is 43.0 Å². The molecule has 0 fully saturated rings. The quantitative estimate of drug-likeness (QED) is 0.900. The molecule has 1 aliphatic heterocycles. The number of nitrogens with zero attached hydrogens (tertiary/aromatic N) is 4. The van der Waals surface area contributed by atoms with Gasteiger partial charge >= 0.3 is 0 Å². The summed E-state index contributed by atoms with van der Waals surface area (Å²) in [7, 11) is 0. The molecule has 0 bridgehead atoms. The smallest absolute Gasteiger partial charge is 0.247 e. The van der Waals surface area contributed by atoms with Gasteiger partial charge in [-0.25, -0.2) is 0 Å². The van der Waals surface area contributed by atoms with Crippen LogP contribution in [0.2, 0.25) is 10.6 Å². The van der Waals surface area contributed by atoms with Crippen molar-refractivity contribution in [2.75, 3.05) is 10.2 Å². The molecule has 2 atom stereocenters. The Morgan fingerprint density at radius 2 is 1.92 bits per heavy atom. The first-order valence-electron chi connectivity index (χ1n) is 7.72. The lowest BCUT2D eigenvalue weighted by molar-refractivity contribution is -0.118. The summed E-state index contributed by atoms with van der Waals surface area (Å²) >= 11 is 11.9.